The second kappa shape index (κ2) is 8.55. The van der Waals surface area contributed by atoms with Crippen LogP contribution in [0.3, 0.4) is 0 Å². The summed E-state index contributed by atoms with van der Waals surface area (Å²) >= 11 is 5.01. The molecule has 0 aliphatic carbocycles. The molecule has 1 amide bonds. The summed E-state index contributed by atoms with van der Waals surface area (Å²) in [6.07, 6.45) is 2.92. The summed E-state index contributed by atoms with van der Waals surface area (Å²) < 4.78 is 8.07. The molecule has 1 aromatic carbocycles. The zero-order valence-electron chi connectivity index (χ0n) is 15.8. The standard InChI is InChI=1S/C20H21N3O2S3/c1-12-11-27-18(22-12)5-3-4-7-21-17(24)10-25-15-9-16-19(23-13(2)28-16)20-14(15)6-8-26-20/h6,8-9,11H,3-5,7,10H2,1-2H3,(H,21,24). The minimum atomic E-state index is -0.0888. The maximum Gasteiger partial charge on any atom is 0.257 e. The summed E-state index contributed by atoms with van der Waals surface area (Å²) in [6.45, 7) is 4.71. The van der Waals surface area contributed by atoms with E-state index in [1.54, 1.807) is 34.0 Å². The van der Waals surface area contributed by atoms with E-state index in [-0.39, 0.29) is 12.5 Å². The van der Waals surface area contributed by atoms with E-state index in [9.17, 15) is 4.79 Å². The number of thiophene rings is 1. The van der Waals surface area contributed by atoms with Crippen LogP contribution in [-0.4, -0.2) is 29.0 Å². The smallest absolute Gasteiger partial charge is 0.257 e. The average molecular weight is 432 g/mol. The van der Waals surface area contributed by atoms with Crippen LogP contribution >= 0.6 is 34.0 Å². The summed E-state index contributed by atoms with van der Waals surface area (Å²) in [4.78, 5) is 21.2. The fourth-order valence-corrected chi connectivity index (χ4v) is 5.70. The van der Waals surface area contributed by atoms with Gasteiger partial charge in [-0.05, 0) is 44.6 Å². The molecular formula is C20H21N3O2S3. The molecule has 0 saturated heterocycles. The molecular weight excluding hydrogens is 410 g/mol. The number of aromatic nitrogens is 2. The summed E-state index contributed by atoms with van der Waals surface area (Å²) in [5.74, 6) is 0.663. The number of nitrogens with zero attached hydrogens (tertiary/aromatic N) is 2. The molecule has 0 saturated carbocycles. The van der Waals surface area contributed by atoms with E-state index in [1.807, 2.05) is 31.4 Å². The normalized spacial score (nSPS) is 11.4. The fourth-order valence-electron chi connectivity index (χ4n) is 3.05. The first-order valence-electron chi connectivity index (χ1n) is 9.18. The monoisotopic (exact) mass is 431 g/mol. The van der Waals surface area contributed by atoms with Gasteiger partial charge < -0.3 is 10.1 Å². The van der Waals surface area contributed by atoms with E-state index in [4.69, 9.17) is 4.74 Å². The topological polar surface area (TPSA) is 64.1 Å². The highest BCUT2D eigenvalue weighted by molar-refractivity contribution is 7.21. The second-order valence-corrected chi connectivity index (χ2v) is 9.69. The Hall–Kier alpha value is -2.03. The molecule has 0 atom stereocenters. The molecule has 0 aliphatic rings. The SMILES string of the molecule is Cc1csc(CCCCNC(=O)COc2cc3sc(C)nc3c3sccc23)n1. The Balaban J connectivity index is 1.28. The van der Waals surface area contributed by atoms with Gasteiger partial charge in [0, 0.05) is 29.1 Å². The van der Waals surface area contributed by atoms with Crippen molar-refractivity contribution in [3.05, 3.63) is 38.6 Å². The molecule has 0 radical (unpaired) electrons. The van der Waals surface area contributed by atoms with Gasteiger partial charge in [-0.15, -0.1) is 34.0 Å². The van der Waals surface area contributed by atoms with Crippen LogP contribution in [-0.2, 0) is 11.2 Å². The third-order valence-electron chi connectivity index (χ3n) is 4.33. The van der Waals surface area contributed by atoms with Crippen molar-refractivity contribution in [2.75, 3.05) is 13.2 Å². The highest BCUT2D eigenvalue weighted by Gasteiger charge is 2.13. The zero-order valence-corrected chi connectivity index (χ0v) is 18.2. The molecule has 0 bridgehead atoms. The first-order valence-corrected chi connectivity index (χ1v) is 11.8. The summed E-state index contributed by atoms with van der Waals surface area (Å²) in [5, 5.41) is 10.3. The number of benzene rings is 1. The number of carbonyl (C=O) groups excluding carboxylic acids is 1. The molecule has 0 fully saturated rings. The average Bonchev–Trinajstić information content (AvgIpc) is 3.38. The molecule has 4 aromatic rings. The molecule has 0 spiro atoms. The molecule has 28 heavy (non-hydrogen) atoms. The van der Waals surface area contributed by atoms with Gasteiger partial charge in [0.15, 0.2) is 6.61 Å². The van der Waals surface area contributed by atoms with Crippen molar-refractivity contribution in [3.63, 3.8) is 0 Å². The van der Waals surface area contributed by atoms with Gasteiger partial charge in [0.1, 0.15) is 5.75 Å². The first kappa shape index (κ1) is 19.3. The summed E-state index contributed by atoms with van der Waals surface area (Å²) in [7, 11) is 0. The lowest BCUT2D eigenvalue weighted by Gasteiger charge is -2.09. The van der Waals surface area contributed by atoms with Gasteiger partial charge in [-0.3, -0.25) is 4.79 Å². The molecule has 8 heteroatoms. The van der Waals surface area contributed by atoms with Crippen molar-refractivity contribution in [3.8, 4) is 5.75 Å². The zero-order chi connectivity index (χ0) is 19.5. The van der Waals surface area contributed by atoms with Crippen LogP contribution in [0.4, 0.5) is 0 Å². The molecule has 3 heterocycles. The molecule has 3 aromatic heterocycles. The Bertz CT molecular complexity index is 1110. The molecule has 146 valence electrons. The van der Waals surface area contributed by atoms with Crippen molar-refractivity contribution >= 4 is 60.2 Å². The maximum absolute atomic E-state index is 12.1. The van der Waals surface area contributed by atoms with Crippen LogP contribution in [0, 0.1) is 13.8 Å². The van der Waals surface area contributed by atoms with Crippen molar-refractivity contribution < 1.29 is 9.53 Å². The Morgan fingerprint density at radius 2 is 2.11 bits per heavy atom. The Morgan fingerprint density at radius 1 is 1.21 bits per heavy atom. The van der Waals surface area contributed by atoms with Gasteiger partial charge in [-0.25, -0.2) is 9.97 Å². The molecule has 4 rings (SSSR count). The number of ether oxygens (including phenoxy) is 1. The Morgan fingerprint density at radius 3 is 2.93 bits per heavy atom. The highest BCUT2D eigenvalue weighted by Crippen LogP contribution is 2.38. The largest absolute Gasteiger partial charge is 0.483 e. The van der Waals surface area contributed by atoms with Gasteiger partial charge in [-0.1, -0.05) is 0 Å². The third-order valence-corrected chi connectivity index (χ3v) is 7.20. The molecule has 0 unspecified atom stereocenters. The fraction of sp³-hybridized carbons (Fsp3) is 0.350. The maximum atomic E-state index is 12.1. The Kier molecular flexibility index (Phi) is 5.89. The van der Waals surface area contributed by atoms with Crippen LogP contribution in [0.25, 0.3) is 20.3 Å². The lowest BCUT2D eigenvalue weighted by Crippen LogP contribution is -2.29. The number of rotatable bonds is 8. The first-order chi connectivity index (χ1) is 13.6. The van der Waals surface area contributed by atoms with Crippen LogP contribution in [0.1, 0.15) is 28.6 Å². The van der Waals surface area contributed by atoms with Gasteiger partial charge in [0.25, 0.3) is 5.91 Å². The van der Waals surface area contributed by atoms with Gasteiger partial charge >= 0.3 is 0 Å². The number of nitrogens with one attached hydrogen (secondary N) is 1. The van der Waals surface area contributed by atoms with E-state index in [1.165, 1.54) is 5.01 Å². The number of fused-ring (bicyclic) bond motifs is 3. The number of unbranched alkanes of at least 4 members (excludes halogenated alkanes) is 1. The molecule has 5 nitrogen and oxygen atoms in total. The number of hydrogen-bond acceptors (Lipinski definition) is 7. The van der Waals surface area contributed by atoms with Crippen LogP contribution in [0.2, 0.25) is 0 Å². The summed E-state index contributed by atoms with van der Waals surface area (Å²) in [5.41, 5.74) is 2.11. The number of hydrogen-bond donors (Lipinski definition) is 1. The van der Waals surface area contributed by atoms with Crippen molar-refractivity contribution in [1.82, 2.24) is 15.3 Å². The number of thiazole rings is 2. The third kappa shape index (κ3) is 4.34. The second-order valence-electron chi connectivity index (χ2n) is 6.60. The van der Waals surface area contributed by atoms with Crippen LogP contribution in [0.15, 0.2) is 22.9 Å². The quantitative estimate of drug-likeness (QED) is 0.394. The van der Waals surface area contributed by atoms with Crippen LogP contribution in [0.5, 0.6) is 5.75 Å². The lowest BCUT2D eigenvalue weighted by molar-refractivity contribution is -0.123. The van der Waals surface area contributed by atoms with Crippen LogP contribution < -0.4 is 10.1 Å². The minimum Gasteiger partial charge on any atom is -0.483 e. The predicted octanol–water partition coefficient (Wildman–Crippen LogP) is 5.10. The Labute approximate surface area is 175 Å². The van der Waals surface area contributed by atoms with Gasteiger partial charge in [0.05, 0.1) is 24.9 Å². The molecule has 1 N–H and O–H groups in total. The van der Waals surface area contributed by atoms with Crippen molar-refractivity contribution in [2.24, 2.45) is 0 Å². The van der Waals surface area contributed by atoms with Gasteiger partial charge in [-0.2, -0.15) is 0 Å². The van der Waals surface area contributed by atoms with E-state index in [2.05, 4.69) is 20.7 Å². The van der Waals surface area contributed by atoms with E-state index < -0.39 is 0 Å². The van der Waals surface area contributed by atoms with E-state index in [0.29, 0.717) is 6.54 Å². The minimum absolute atomic E-state index is 0.0277. The summed E-state index contributed by atoms with van der Waals surface area (Å²) in [6, 6.07) is 4.03. The lowest BCUT2D eigenvalue weighted by atomic mass is 10.2. The number of amides is 1. The predicted molar refractivity (Wildman–Crippen MR) is 118 cm³/mol. The van der Waals surface area contributed by atoms with Crippen molar-refractivity contribution in [2.45, 2.75) is 33.1 Å². The highest BCUT2D eigenvalue weighted by atomic mass is 32.1. The van der Waals surface area contributed by atoms with Gasteiger partial charge in [0.2, 0.25) is 0 Å². The van der Waals surface area contributed by atoms with Crippen molar-refractivity contribution in [1.29, 1.82) is 0 Å². The molecule has 0 aliphatic heterocycles. The number of carbonyl (C=O) groups is 1. The number of aryl methyl sites for hydroxylation is 3. The van der Waals surface area contributed by atoms with E-state index >= 15 is 0 Å². The van der Waals surface area contributed by atoms with E-state index in [0.717, 1.165) is 56.0 Å².